The van der Waals surface area contributed by atoms with E-state index in [0.29, 0.717) is 0 Å². The van der Waals surface area contributed by atoms with Gasteiger partial charge in [-0.3, -0.25) is 0 Å². The van der Waals surface area contributed by atoms with Gasteiger partial charge in [0.15, 0.2) is 25.0 Å². The summed E-state index contributed by atoms with van der Waals surface area (Å²) in [5, 5.41) is 0. The monoisotopic (exact) mass is 428 g/mol. The maximum atomic E-state index is 12.7. The third kappa shape index (κ3) is 21.4. The zero-order valence-corrected chi connectivity index (χ0v) is 22.5. The molecule has 0 fully saturated rings. The molecular formula is C12H36GaO4PSi3. The molecule has 0 aromatic rings. The summed E-state index contributed by atoms with van der Waals surface area (Å²) < 4.78 is 29.8. The normalized spacial score (nSPS) is 13.5. The second-order valence-corrected chi connectivity index (χ2v) is 31.8. The van der Waals surface area contributed by atoms with Gasteiger partial charge in [0, 0.05) is 0 Å². The van der Waals surface area contributed by atoms with E-state index in [0.717, 1.165) is 0 Å². The van der Waals surface area contributed by atoms with E-state index in [1.165, 1.54) is 0 Å². The minimum absolute atomic E-state index is 0.479. The fourth-order valence-electron chi connectivity index (χ4n) is 1.06. The van der Waals surface area contributed by atoms with E-state index in [9.17, 15) is 4.57 Å². The molecule has 0 unspecified atom stereocenters. The molecule has 0 aromatic heterocycles. The van der Waals surface area contributed by atoms with Gasteiger partial charge in [0.05, 0.1) is 0 Å². The molecule has 0 saturated heterocycles. The summed E-state index contributed by atoms with van der Waals surface area (Å²) in [4.78, 5) is 0. The molecule has 0 aliphatic rings. The van der Waals surface area contributed by atoms with Gasteiger partial charge in [-0.05, 0) is 58.9 Å². The molecule has 0 aliphatic carbocycles. The first kappa shape index (κ1) is 24.6. The quantitative estimate of drug-likeness (QED) is 0.383. The number of phosphoric acid groups is 1. The molecular weight excluding hydrogens is 393 g/mol. The van der Waals surface area contributed by atoms with Crippen molar-refractivity contribution in [3.05, 3.63) is 0 Å². The Kier molecular flexibility index (Phi) is 10.6. The first-order valence-corrected chi connectivity index (χ1v) is 26.5. The molecule has 0 spiro atoms. The van der Waals surface area contributed by atoms with Gasteiger partial charge in [0.2, 0.25) is 0 Å². The minimum atomic E-state index is -3.40. The van der Waals surface area contributed by atoms with Crippen LogP contribution in [0.1, 0.15) is 0 Å². The van der Waals surface area contributed by atoms with E-state index in [1.54, 1.807) is 0 Å². The second-order valence-electron chi connectivity index (χ2n) is 8.79. The van der Waals surface area contributed by atoms with Crippen LogP contribution >= 0.6 is 7.82 Å². The Morgan fingerprint density at radius 2 is 0.762 bits per heavy atom. The average Bonchev–Trinajstić information content (AvgIpc) is 1.85. The van der Waals surface area contributed by atoms with Crippen molar-refractivity contribution >= 4 is 49.0 Å². The van der Waals surface area contributed by atoms with Gasteiger partial charge in [0.1, 0.15) is 0 Å². The van der Waals surface area contributed by atoms with E-state index in [4.69, 9.17) is 12.6 Å². The van der Waals surface area contributed by atoms with Crippen LogP contribution in [-0.4, -0.2) is 41.2 Å². The summed E-state index contributed by atoms with van der Waals surface area (Å²) in [7, 11) is -9.28. The van der Waals surface area contributed by atoms with Crippen LogP contribution in [0.5, 0.6) is 0 Å². The van der Waals surface area contributed by atoms with E-state index in [1.807, 2.05) is 58.9 Å². The molecule has 0 aromatic carbocycles. The first-order chi connectivity index (χ1) is 8.85. The molecule has 0 amide bonds. The van der Waals surface area contributed by atoms with Gasteiger partial charge in [-0.1, -0.05) is 0 Å². The van der Waals surface area contributed by atoms with Crippen molar-refractivity contribution in [3.8, 4) is 0 Å². The third-order valence-corrected chi connectivity index (χ3v) is 10.4. The predicted molar refractivity (Wildman–Crippen MR) is 104 cm³/mol. The van der Waals surface area contributed by atoms with Crippen LogP contribution in [0.3, 0.4) is 0 Å². The second kappa shape index (κ2) is 9.03. The molecule has 0 rings (SSSR count). The van der Waals surface area contributed by atoms with Crippen LogP contribution in [-0.2, 0) is 17.2 Å². The van der Waals surface area contributed by atoms with Gasteiger partial charge < -0.3 is 12.6 Å². The van der Waals surface area contributed by atoms with E-state index >= 15 is 0 Å². The molecule has 128 valence electrons. The van der Waals surface area contributed by atoms with Crippen LogP contribution in [0.25, 0.3) is 0 Å². The molecule has 0 bridgehead atoms. The molecule has 0 atom stereocenters. The molecule has 0 radical (unpaired) electrons. The summed E-state index contributed by atoms with van der Waals surface area (Å²) in [5.74, 6) is 0. The first-order valence-electron chi connectivity index (χ1n) is 7.57. The Morgan fingerprint density at radius 3 is 0.857 bits per heavy atom. The third-order valence-electron chi connectivity index (χ3n) is 1.16. The zero-order valence-electron chi connectivity index (χ0n) is 16.2. The fraction of sp³-hybridized carbons (Fsp3) is 1.00. The van der Waals surface area contributed by atoms with E-state index < -0.39 is 49.0 Å². The van der Waals surface area contributed by atoms with Crippen molar-refractivity contribution in [2.45, 2.75) is 75.4 Å². The van der Waals surface area contributed by atoms with E-state index in [-0.39, 0.29) is 0 Å². The Bertz CT molecular complexity index is 296. The zero-order chi connectivity index (χ0) is 17.7. The molecule has 4 nitrogen and oxygen atoms in total. The average molecular weight is 429 g/mol. The maximum absolute atomic E-state index is 12.7. The van der Waals surface area contributed by atoms with Crippen molar-refractivity contribution in [1.82, 2.24) is 0 Å². The van der Waals surface area contributed by atoms with Crippen molar-refractivity contribution < 1.29 is 17.2 Å². The van der Waals surface area contributed by atoms with Crippen LogP contribution in [0.2, 0.25) is 75.4 Å². The number of hydrogen-bond donors (Lipinski definition) is 0. The van der Waals surface area contributed by atoms with Crippen molar-refractivity contribution in [3.63, 3.8) is 0 Å². The van der Waals surface area contributed by atoms with Gasteiger partial charge in [-0.25, -0.2) is 4.57 Å². The summed E-state index contributed by atoms with van der Waals surface area (Å²) in [6, 6.07) is 0. The van der Waals surface area contributed by atoms with Crippen molar-refractivity contribution in [2.24, 2.45) is 0 Å². The molecule has 0 aliphatic heterocycles. The van der Waals surface area contributed by atoms with Gasteiger partial charge in [-0.2, -0.15) is 0 Å². The summed E-state index contributed by atoms with van der Waals surface area (Å²) in [6.07, 6.45) is 0. The molecule has 0 N–H and O–H groups in total. The van der Waals surface area contributed by atoms with Gasteiger partial charge >= 0.3 is 40.5 Å². The molecule has 0 saturated carbocycles. The Hall–Kier alpha value is 1.40. The van der Waals surface area contributed by atoms with Crippen molar-refractivity contribution in [1.29, 1.82) is 0 Å². The van der Waals surface area contributed by atoms with Crippen LogP contribution < -0.4 is 0 Å². The predicted octanol–water partition coefficient (Wildman–Crippen LogP) is 6.02. The summed E-state index contributed by atoms with van der Waals surface area (Å²) >= 11 is -0.479. The topological polar surface area (TPSA) is 44.8 Å². The standard InChI is InChI=1S/C9H27O4PSi3.3CH3.Ga/c1-15(2,3)11-14(10,12-16(4,5)6)13-17(7,8)9;;;;/h1-9H3;3*1H3;. The van der Waals surface area contributed by atoms with Crippen molar-refractivity contribution in [2.75, 3.05) is 0 Å². The van der Waals surface area contributed by atoms with Crippen LogP contribution in [0.15, 0.2) is 0 Å². The number of hydrogen-bond acceptors (Lipinski definition) is 4. The molecule has 21 heavy (non-hydrogen) atoms. The summed E-state index contributed by atoms with van der Waals surface area (Å²) in [6.45, 7) is 17.9. The summed E-state index contributed by atoms with van der Waals surface area (Å²) in [5.41, 5.74) is 7.06. The van der Waals surface area contributed by atoms with Crippen LogP contribution in [0, 0.1) is 0 Å². The van der Waals surface area contributed by atoms with Crippen LogP contribution in [0.4, 0.5) is 0 Å². The fourth-order valence-corrected chi connectivity index (χ4v) is 10.6. The van der Waals surface area contributed by atoms with E-state index in [2.05, 4.69) is 16.4 Å². The molecule has 9 heteroatoms. The van der Waals surface area contributed by atoms with Gasteiger partial charge in [0.25, 0.3) is 0 Å². The molecule has 0 heterocycles. The number of rotatable bonds is 6. The Morgan fingerprint density at radius 1 is 0.619 bits per heavy atom. The SMILES string of the molecule is C[Si](C)(C)OP(=O)(O[Si](C)(C)C)O[Si](C)(C)C.[CH3][Ga]([CH3])[CH3]. The Balaban J connectivity index is 0. The Labute approximate surface area is 141 Å². The van der Waals surface area contributed by atoms with Gasteiger partial charge in [-0.15, -0.1) is 0 Å².